The van der Waals surface area contributed by atoms with Gasteiger partial charge in [0.15, 0.2) is 11.5 Å². The van der Waals surface area contributed by atoms with Crippen molar-refractivity contribution in [3.05, 3.63) is 52.0 Å². The summed E-state index contributed by atoms with van der Waals surface area (Å²) < 4.78 is 16.4. The Kier molecular flexibility index (Phi) is 5.93. The highest BCUT2D eigenvalue weighted by Gasteiger charge is 2.15. The zero-order chi connectivity index (χ0) is 17.7. The number of methoxy groups -OCH3 is 1. The van der Waals surface area contributed by atoms with Gasteiger partial charge in [-0.05, 0) is 37.6 Å². The molecule has 0 fully saturated rings. The summed E-state index contributed by atoms with van der Waals surface area (Å²) in [5.74, 6) is 0.281. The zero-order valence-electron chi connectivity index (χ0n) is 13.8. The van der Waals surface area contributed by atoms with Crippen molar-refractivity contribution in [2.24, 2.45) is 0 Å². The van der Waals surface area contributed by atoms with Crippen LogP contribution in [0.25, 0.3) is 0 Å². The number of benzene rings is 2. The lowest BCUT2D eigenvalue weighted by Gasteiger charge is -2.14. The van der Waals surface area contributed by atoms with Crippen LogP contribution in [-0.2, 0) is 0 Å². The average Bonchev–Trinajstić information content (AvgIpc) is 2.53. The van der Waals surface area contributed by atoms with Crippen LogP contribution in [0.4, 0.5) is 0 Å². The normalized spacial score (nSPS) is 10.3. The molecule has 2 aromatic carbocycles. The van der Waals surface area contributed by atoms with E-state index < -0.39 is 5.97 Å². The lowest BCUT2D eigenvalue weighted by atomic mass is 10.1. The summed E-state index contributed by atoms with van der Waals surface area (Å²) in [5.41, 5.74) is 2.26. The lowest BCUT2D eigenvalue weighted by Crippen LogP contribution is -2.11. The minimum Gasteiger partial charge on any atom is -0.493 e. The molecule has 0 aliphatic carbocycles. The van der Waals surface area contributed by atoms with E-state index in [0.29, 0.717) is 12.4 Å². The Hall–Kier alpha value is -2.40. The largest absolute Gasteiger partial charge is 0.493 e. The SMILES string of the molecule is COc1cc(C(=O)O)cc(Cl)c1OCCOc1ccc(C)cc1C. The first-order valence-corrected chi connectivity index (χ1v) is 7.74. The smallest absolute Gasteiger partial charge is 0.335 e. The van der Waals surface area contributed by atoms with Gasteiger partial charge in [-0.25, -0.2) is 4.79 Å². The molecular weight excluding hydrogens is 332 g/mol. The molecular formula is C18H19ClO5. The summed E-state index contributed by atoms with van der Waals surface area (Å²) in [4.78, 5) is 11.0. The fraction of sp³-hybridized carbons (Fsp3) is 0.278. The summed E-state index contributed by atoms with van der Waals surface area (Å²) in [5, 5.41) is 9.21. The number of carboxylic acids is 1. The summed E-state index contributed by atoms with van der Waals surface area (Å²) in [6, 6.07) is 8.63. The summed E-state index contributed by atoms with van der Waals surface area (Å²) in [6.07, 6.45) is 0. The van der Waals surface area contributed by atoms with Crippen LogP contribution in [0, 0.1) is 13.8 Å². The topological polar surface area (TPSA) is 65.0 Å². The van der Waals surface area contributed by atoms with Gasteiger partial charge in [-0.1, -0.05) is 29.3 Å². The second-order valence-electron chi connectivity index (χ2n) is 5.26. The van der Waals surface area contributed by atoms with Crippen LogP contribution in [0.5, 0.6) is 17.2 Å². The highest BCUT2D eigenvalue weighted by atomic mass is 35.5. The Balaban J connectivity index is 2.00. The predicted octanol–water partition coefficient (Wildman–Crippen LogP) is 4.12. The third kappa shape index (κ3) is 4.32. The van der Waals surface area contributed by atoms with Crippen LogP contribution in [0.2, 0.25) is 5.02 Å². The molecule has 0 heterocycles. The number of aromatic carboxylic acids is 1. The first-order valence-electron chi connectivity index (χ1n) is 7.36. The average molecular weight is 351 g/mol. The van der Waals surface area contributed by atoms with E-state index in [1.165, 1.54) is 24.8 Å². The molecule has 1 N–H and O–H groups in total. The Morgan fingerprint density at radius 2 is 1.79 bits per heavy atom. The van der Waals surface area contributed by atoms with E-state index in [1.807, 2.05) is 32.0 Å². The molecule has 0 bridgehead atoms. The number of carbonyl (C=O) groups is 1. The minimum atomic E-state index is -1.08. The number of carboxylic acid groups (broad SMARTS) is 1. The first-order chi connectivity index (χ1) is 11.4. The number of hydrogen-bond acceptors (Lipinski definition) is 4. The Labute approximate surface area is 145 Å². The second kappa shape index (κ2) is 7.93. The van der Waals surface area contributed by atoms with Gasteiger partial charge in [0.2, 0.25) is 0 Å². The first kappa shape index (κ1) is 17.9. The Morgan fingerprint density at radius 3 is 2.42 bits per heavy atom. The van der Waals surface area contributed by atoms with Crippen molar-refractivity contribution in [2.75, 3.05) is 20.3 Å². The molecule has 0 saturated heterocycles. The molecule has 0 radical (unpaired) electrons. The molecule has 24 heavy (non-hydrogen) atoms. The van der Waals surface area contributed by atoms with Crippen molar-refractivity contribution in [2.45, 2.75) is 13.8 Å². The van der Waals surface area contributed by atoms with Gasteiger partial charge in [-0.15, -0.1) is 0 Å². The van der Waals surface area contributed by atoms with Crippen LogP contribution in [-0.4, -0.2) is 31.4 Å². The fourth-order valence-corrected chi connectivity index (χ4v) is 2.51. The maximum Gasteiger partial charge on any atom is 0.335 e. The van der Waals surface area contributed by atoms with Crippen LogP contribution in [0.1, 0.15) is 21.5 Å². The Bertz CT molecular complexity index is 742. The summed E-state index contributed by atoms with van der Waals surface area (Å²) in [6.45, 7) is 4.57. The van der Waals surface area contributed by atoms with E-state index in [-0.39, 0.29) is 22.9 Å². The van der Waals surface area contributed by atoms with Gasteiger partial charge in [0.05, 0.1) is 17.7 Å². The van der Waals surface area contributed by atoms with E-state index in [0.717, 1.165) is 11.3 Å². The van der Waals surface area contributed by atoms with Crippen LogP contribution in [0.15, 0.2) is 30.3 Å². The Morgan fingerprint density at radius 1 is 1.08 bits per heavy atom. The van der Waals surface area contributed by atoms with Crippen molar-refractivity contribution < 1.29 is 24.1 Å². The maximum absolute atomic E-state index is 11.0. The van der Waals surface area contributed by atoms with Crippen LogP contribution in [0.3, 0.4) is 0 Å². The third-order valence-electron chi connectivity index (χ3n) is 3.39. The van der Waals surface area contributed by atoms with Crippen molar-refractivity contribution in [3.63, 3.8) is 0 Å². The van der Waals surface area contributed by atoms with E-state index in [9.17, 15) is 4.79 Å². The monoisotopic (exact) mass is 350 g/mol. The molecule has 6 heteroatoms. The van der Waals surface area contributed by atoms with E-state index >= 15 is 0 Å². The molecule has 0 aliphatic heterocycles. The lowest BCUT2D eigenvalue weighted by molar-refractivity contribution is 0.0696. The van der Waals surface area contributed by atoms with Crippen molar-refractivity contribution in [3.8, 4) is 17.2 Å². The predicted molar refractivity (Wildman–Crippen MR) is 91.9 cm³/mol. The van der Waals surface area contributed by atoms with E-state index in [4.69, 9.17) is 30.9 Å². The number of hydrogen-bond donors (Lipinski definition) is 1. The quantitative estimate of drug-likeness (QED) is 0.761. The molecule has 0 spiro atoms. The molecule has 128 valence electrons. The van der Waals surface area contributed by atoms with E-state index in [1.54, 1.807) is 0 Å². The molecule has 0 atom stereocenters. The van der Waals surface area contributed by atoms with Gasteiger partial charge in [0.1, 0.15) is 19.0 Å². The third-order valence-corrected chi connectivity index (χ3v) is 3.67. The van der Waals surface area contributed by atoms with Crippen molar-refractivity contribution in [1.82, 2.24) is 0 Å². The van der Waals surface area contributed by atoms with Gasteiger partial charge >= 0.3 is 5.97 Å². The number of rotatable bonds is 7. The zero-order valence-corrected chi connectivity index (χ0v) is 14.5. The molecule has 0 aromatic heterocycles. The molecule has 0 saturated carbocycles. The van der Waals surface area contributed by atoms with Crippen LogP contribution < -0.4 is 14.2 Å². The number of halogens is 1. The number of ether oxygens (including phenoxy) is 3. The van der Waals surface area contributed by atoms with Crippen molar-refractivity contribution in [1.29, 1.82) is 0 Å². The summed E-state index contributed by atoms with van der Waals surface area (Å²) in [7, 11) is 1.43. The van der Waals surface area contributed by atoms with Gasteiger partial charge in [0.25, 0.3) is 0 Å². The van der Waals surface area contributed by atoms with Gasteiger partial charge in [-0.2, -0.15) is 0 Å². The molecule has 0 aliphatic rings. The molecule has 2 rings (SSSR count). The van der Waals surface area contributed by atoms with Gasteiger partial charge in [-0.3, -0.25) is 0 Å². The van der Waals surface area contributed by atoms with Crippen LogP contribution >= 0.6 is 11.6 Å². The maximum atomic E-state index is 11.0. The molecule has 0 unspecified atom stereocenters. The second-order valence-corrected chi connectivity index (χ2v) is 5.67. The highest BCUT2D eigenvalue weighted by Crippen LogP contribution is 2.36. The highest BCUT2D eigenvalue weighted by molar-refractivity contribution is 6.32. The summed E-state index contributed by atoms with van der Waals surface area (Å²) >= 11 is 6.09. The van der Waals surface area contributed by atoms with Crippen molar-refractivity contribution >= 4 is 17.6 Å². The standard InChI is InChI=1S/C18H19ClO5/c1-11-4-5-15(12(2)8-11)23-6-7-24-17-14(19)9-13(18(20)21)10-16(17)22-3/h4-5,8-10H,6-7H2,1-3H3,(H,20,21). The van der Waals surface area contributed by atoms with E-state index in [2.05, 4.69) is 0 Å². The minimum absolute atomic E-state index is 0.0377. The molecule has 5 nitrogen and oxygen atoms in total. The number of aryl methyl sites for hydroxylation is 2. The van der Waals surface area contributed by atoms with Gasteiger partial charge in [0, 0.05) is 0 Å². The molecule has 0 amide bonds. The molecule has 2 aromatic rings. The van der Waals surface area contributed by atoms with Gasteiger partial charge < -0.3 is 19.3 Å². The fourth-order valence-electron chi connectivity index (χ4n) is 2.24.